The number of nitrogens with two attached hydrogens (primary N) is 1. The molecule has 1 atom stereocenters. The Morgan fingerprint density at radius 1 is 1.72 bits per heavy atom. The Bertz CT molecular complexity index is 447. The lowest BCUT2D eigenvalue weighted by Crippen LogP contribution is -2.38. The number of nitrogen functional groups attached to an aromatic ring is 1. The average molecular weight is 268 g/mol. The van der Waals surface area contributed by atoms with E-state index in [1.807, 2.05) is 7.05 Å². The lowest BCUT2D eigenvalue weighted by atomic mass is 9.89. The van der Waals surface area contributed by atoms with Gasteiger partial charge in [0.05, 0.1) is 6.20 Å². The number of anilines is 1. The molecule has 1 saturated heterocycles. The highest BCUT2D eigenvalue weighted by atomic mass is 32.1. The number of likely N-dealkylation sites (tertiary alicyclic amines) is 1. The summed E-state index contributed by atoms with van der Waals surface area (Å²) in [4.78, 5) is 20.8. The molecule has 2 rings (SSSR count). The van der Waals surface area contributed by atoms with Crippen molar-refractivity contribution in [2.75, 3.05) is 39.5 Å². The lowest BCUT2D eigenvalue weighted by molar-refractivity contribution is 0.0735. The normalized spacial score (nSPS) is 24.4. The number of carbonyl (C=O) groups is 1. The van der Waals surface area contributed by atoms with Crippen LogP contribution in [0.3, 0.4) is 0 Å². The summed E-state index contributed by atoms with van der Waals surface area (Å²) in [7, 11) is 3.97. The molecule has 100 valence electrons. The first kappa shape index (κ1) is 13.3. The fourth-order valence-electron chi connectivity index (χ4n) is 2.62. The van der Waals surface area contributed by atoms with Crippen molar-refractivity contribution in [3.63, 3.8) is 0 Å². The highest BCUT2D eigenvalue weighted by Gasteiger charge is 2.34. The molecule has 1 amide bonds. The monoisotopic (exact) mass is 268 g/mol. The number of aromatic nitrogens is 1. The molecular formula is C12H20N4OS. The van der Waals surface area contributed by atoms with Crippen LogP contribution in [0.2, 0.25) is 0 Å². The molecule has 0 bridgehead atoms. The van der Waals surface area contributed by atoms with Gasteiger partial charge in [-0.3, -0.25) is 4.79 Å². The van der Waals surface area contributed by atoms with Crippen LogP contribution in [0.25, 0.3) is 0 Å². The van der Waals surface area contributed by atoms with Crippen molar-refractivity contribution in [1.29, 1.82) is 0 Å². The molecule has 2 heterocycles. The Hall–Kier alpha value is -1.14. The van der Waals surface area contributed by atoms with Gasteiger partial charge in [-0.2, -0.15) is 0 Å². The second-order valence-electron chi connectivity index (χ2n) is 5.52. The largest absolute Gasteiger partial charge is 0.375 e. The molecule has 18 heavy (non-hydrogen) atoms. The summed E-state index contributed by atoms with van der Waals surface area (Å²) in [5, 5.41) is 0.443. The van der Waals surface area contributed by atoms with Crippen molar-refractivity contribution in [3.05, 3.63) is 11.1 Å². The summed E-state index contributed by atoms with van der Waals surface area (Å²) >= 11 is 1.25. The Morgan fingerprint density at radius 3 is 2.94 bits per heavy atom. The van der Waals surface area contributed by atoms with Crippen molar-refractivity contribution in [1.82, 2.24) is 14.8 Å². The van der Waals surface area contributed by atoms with Crippen LogP contribution in [0.15, 0.2) is 6.20 Å². The minimum absolute atomic E-state index is 0.0139. The maximum Gasteiger partial charge on any atom is 0.265 e. The Labute approximate surface area is 112 Å². The van der Waals surface area contributed by atoms with Crippen molar-refractivity contribution < 1.29 is 4.79 Å². The van der Waals surface area contributed by atoms with E-state index in [1.54, 1.807) is 11.1 Å². The fraction of sp³-hybridized carbons (Fsp3) is 0.667. The Kier molecular flexibility index (Phi) is 3.59. The number of nitrogens with zero attached hydrogens (tertiary/aromatic N) is 3. The minimum atomic E-state index is 0.0139. The highest BCUT2D eigenvalue weighted by Crippen LogP contribution is 2.30. The van der Waals surface area contributed by atoms with Gasteiger partial charge < -0.3 is 15.5 Å². The molecule has 1 aliphatic heterocycles. The molecule has 1 aliphatic rings. The summed E-state index contributed by atoms with van der Waals surface area (Å²) in [5.74, 6) is 0.0139. The van der Waals surface area contributed by atoms with E-state index in [0.29, 0.717) is 10.0 Å². The molecule has 1 aromatic heterocycles. The van der Waals surface area contributed by atoms with E-state index in [1.165, 1.54) is 11.3 Å². The summed E-state index contributed by atoms with van der Waals surface area (Å²) < 4.78 is 0. The molecule has 1 aromatic rings. The summed E-state index contributed by atoms with van der Waals surface area (Å²) in [5.41, 5.74) is 5.74. The minimum Gasteiger partial charge on any atom is -0.375 e. The molecule has 0 aliphatic carbocycles. The van der Waals surface area contributed by atoms with E-state index in [9.17, 15) is 4.79 Å². The third kappa shape index (κ3) is 2.81. The number of carbonyl (C=O) groups excluding carboxylic acids is 1. The zero-order chi connectivity index (χ0) is 13.3. The van der Waals surface area contributed by atoms with Gasteiger partial charge in [-0.15, -0.1) is 0 Å². The number of rotatable bonds is 3. The second kappa shape index (κ2) is 4.85. The smallest absolute Gasteiger partial charge is 0.265 e. The quantitative estimate of drug-likeness (QED) is 0.893. The van der Waals surface area contributed by atoms with Gasteiger partial charge in [0.25, 0.3) is 5.91 Å². The van der Waals surface area contributed by atoms with Gasteiger partial charge in [-0.05, 0) is 25.4 Å². The zero-order valence-electron chi connectivity index (χ0n) is 11.1. The van der Waals surface area contributed by atoms with Crippen molar-refractivity contribution in [2.45, 2.75) is 13.3 Å². The van der Waals surface area contributed by atoms with Crippen LogP contribution in [0.4, 0.5) is 5.13 Å². The van der Waals surface area contributed by atoms with Crippen molar-refractivity contribution in [3.8, 4) is 0 Å². The predicted octanol–water partition coefficient (Wildman–Crippen LogP) is 1.14. The van der Waals surface area contributed by atoms with Gasteiger partial charge in [0.15, 0.2) is 5.13 Å². The Balaban J connectivity index is 2.00. The average Bonchev–Trinajstić information content (AvgIpc) is 2.84. The van der Waals surface area contributed by atoms with E-state index in [0.717, 1.165) is 26.1 Å². The van der Waals surface area contributed by atoms with E-state index in [-0.39, 0.29) is 11.3 Å². The van der Waals surface area contributed by atoms with Crippen LogP contribution < -0.4 is 5.73 Å². The predicted molar refractivity (Wildman–Crippen MR) is 73.7 cm³/mol. The van der Waals surface area contributed by atoms with Gasteiger partial charge in [-0.25, -0.2) is 4.98 Å². The van der Waals surface area contributed by atoms with Crippen LogP contribution in [0.1, 0.15) is 23.0 Å². The number of hydrogen-bond acceptors (Lipinski definition) is 5. The topological polar surface area (TPSA) is 62.5 Å². The van der Waals surface area contributed by atoms with Gasteiger partial charge in [-0.1, -0.05) is 18.3 Å². The van der Waals surface area contributed by atoms with Gasteiger partial charge in [0, 0.05) is 20.1 Å². The van der Waals surface area contributed by atoms with E-state index in [4.69, 9.17) is 5.73 Å². The summed E-state index contributed by atoms with van der Waals surface area (Å²) in [6, 6.07) is 0. The first-order chi connectivity index (χ1) is 8.39. The maximum absolute atomic E-state index is 12.2. The van der Waals surface area contributed by atoms with E-state index < -0.39 is 0 Å². The van der Waals surface area contributed by atoms with Crippen molar-refractivity contribution >= 4 is 22.4 Å². The van der Waals surface area contributed by atoms with Crippen LogP contribution in [-0.2, 0) is 0 Å². The molecule has 6 heteroatoms. The van der Waals surface area contributed by atoms with Crippen LogP contribution >= 0.6 is 11.3 Å². The van der Waals surface area contributed by atoms with Crippen LogP contribution in [0.5, 0.6) is 0 Å². The van der Waals surface area contributed by atoms with Crippen molar-refractivity contribution in [2.24, 2.45) is 5.41 Å². The first-order valence-electron chi connectivity index (χ1n) is 6.05. The second-order valence-corrected chi connectivity index (χ2v) is 6.58. The molecule has 2 N–H and O–H groups in total. The van der Waals surface area contributed by atoms with E-state index >= 15 is 0 Å². The molecule has 5 nitrogen and oxygen atoms in total. The highest BCUT2D eigenvalue weighted by molar-refractivity contribution is 7.17. The van der Waals surface area contributed by atoms with Gasteiger partial charge >= 0.3 is 0 Å². The molecule has 0 radical (unpaired) electrons. The lowest BCUT2D eigenvalue weighted by Gasteiger charge is -2.29. The Morgan fingerprint density at radius 2 is 2.44 bits per heavy atom. The SMILES string of the molecule is CN1CCC(C)(CN(C)C(=O)c2cnc(N)s2)C1. The third-order valence-corrected chi connectivity index (χ3v) is 4.26. The maximum atomic E-state index is 12.2. The standard InChI is InChI=1S/C12H20N4OS/c1-12(4-5-15(2)7-12)8-16(3)10(17)9-6-14-11(13)18-9/h6H,4-5,7-8H2,1-3H3,(H2,13,14). The summed E-state index contributed by atoms with van der Waals surface area (Å²) in [6.07, 6.45) is 2.69. The molecular weight excluding hydrogens is 248 g/mol. The molecule has 0 aromatic carbocycles. The molecule has 0 spiro atoms. The van der Waals surface area contributed by atoms with Crippen LogP contribution in [-0.4, -0.2) is 54.4 Å². The summed E-state index contributed by atoms with van der Waals surface area (Å²) in [6.45, 7) is 5.15. The fourth-order valence-corrected chi connectivity index (χ4v) is 3.30. The zero-order valence-corrected chi connectivity index (χ0v) is 12.0. The third-order valence-electron chi connectivity index (χ3n) is 3.45. The first-order valence-corrected chi connectivity index (χ1v) is 6.87. The number of amides is 1. The molecule has 1 fully saturated rings. The van der Waals surface area contributed by atoms with Gasteiger partial charge in [0.2, 0.25) is 0 Å². The number of hydrogen-bond donors (Lipinski definition) is 1. The number of thiazole rings is 1. The van der Waals surface area contributed by atoms with E-state index in [2.05, 4.69) is 23.9 Å². The molecule has 1 unspecified atom stereocenters. The van der Waals surface area contributed by atoms with Gasteiger partial charge in [0.1, 0.15) is 4.88 Å². The van der Waals surface area contributed by atoms with Crippen LogP contribution in [0, 0.1) is 5.41 Å². The molecule has 0 saturated carbocycles.